The zero-order valence-electron chi connectivity index (χ0n) is 12.2. The van der Waals surface area contributed by atoms with Gasteiger partial charge in [-0.3, -0.25) is 10.1 Å². The molecule has 1 heterocycles. The Morgan fingerprint density at radius 1 is 1.57 bits per heavy atom. The first-order valence-corrected chi connectivity index (χ1v) is 9.36. The Kier molecular flexibility index (Phi) is 4.81. The number of hydrogen-bond acceptors (Lipinski definition) is 7. The minimum absolute atomic E-state index is 0.0715. The number of aromatic nitrogens is 2. The van der Waals surface area contributed by atoms with Crippen LogP contribution in [0.25, 0.3) is 0 Å². The monoisotopic (exact) mass is 327 g/mol. The first-order chi connectivity index (χ1) is 10.2. The molecule has 1 aromatic heterocycles. The van der Waals surface area contributed by atoms with Crippen molar-refractivity contribution in [2.75, 3.05) is 12.9 Å². The highest BCUT2D eigenvalue weighted by Crippen LogP contribution is 2.42. The number of hydrogen-bond donors (Lipinski definition) is 1. The van der Waals surface area contributed by atoms with Gasteiger partial charge in [0.15, 0.2) is 4.34 Å². The van der Waals surface area contributed by atoms with Crippen LogP contribution < -0.4 is 5.32 Å². The van der Waals surface area contributed by atoms with Gasteiger partial charge in [0.25, 0.3) is 0 Å². The Bertz CT molecular complexity index is 479. The SMILES string of the molecule is COC(=O)C1(NC2CC2)CCCC1CCSc1nncs1. The Morgan fingerprint density at radius 2 is 2.43 bits per heavy atom. The van der Waals surface area contributed by atoms with E-state index in [0.29, 0.717) is 12.0 Å². The van der Waals surface area contributed by atoms with Gasteiger partial charge in [0.1, 0.15) is 11.0 Å². The lowest BCUT2D eigenvalue weighted by molar-refractivity contribution is -0.150. The van der Waals surface area contributed by atoms with Crippen molar-refractivity contribution < 1.29 is 9.53 Å². The number of methoxy groups -OCH3 is 1. The van der Waals surface area contributed by atoms with E-state index in [2.05, 4.69) is 15.5 Å². The van der Waals surface area contributed by atoms with Gasteiger partial charge in [0, 0.05) is 11.8 Å². The van der Waals surface area contributed by atoms with E-state index in [4.69, 9.17) is 4.74 Å². The summed E-state index contributed by atoms with van der Waals surface area (Å²) in [6.45, 7) is 0. The molecule has 2 atom stereocenters. The fourth-order valence-electron chi connectivity index (χ4n) is 3.27. The fraction of sp³-hybridized carbons (Fsp3) is 0.786. The standard InChI is InChI=1S/C14H21N3O2S2/c1-19-12(18)14(16-11-4-5-11)7-2-3-10(14)6-8-20-13-17-15-9-21-13/h9-11,16H,2-8H2,1H3. The molecule has 0 spiro atoms. The third-order valence-corrected chi connectivity index (χ3v) is 6.33. The van der Waals surface area contributed by atoms with Crippen LogP contribution in [0.15, 0.2) is 9.85 Å². The molecule has 0 aromatic carbocycles. The molecule has 2 saturated carbocycles. The van der Waals surface area contributed by atoms with Crippen LogP contribution in [0.3, 0.4) is 0 Å². The molecule has 3 rings (SSSR count). The van der Waals surface area contributed by atoms with Crippen LogP contribution in [0.1, 0.15) is 38.5 Å². The minimum Gasteiger partial charge on any atom is -0.468 e. The van der Waals surface area contributed by atoms with Crippen molar-refractivity contribution in [3.05, 3.63) is 5.51 Å². The largest absolute Gasteiger partial charge is 0.468 e. The van der Waals surface area contributed by atoms with Crippen molar-refractivity contribution in [3.8, 4) is 0 Å². The molecule has 2 fully saturated rings. The summed E-state index contributed by atoms with van der Waals surface area (Å²) in [5.41, 5.74) is 1.31. The normalized spacial score (nSPS) is 28.7. The van der Waals surface area contributed by atoms with Gasteiger partial charge in [0.2, 0.25) is 0 Å². The molecule has 116 valence electrons. The van der Waals surface area contributed by atoms with Crippen molar-refractivity contribution in [3.63, 3.8) is 0 Å². The number of rotatable bonds is 7. The second-order valence-corrected chi connectivity index (χ2v) is 7.99. The highest BCUT2D eigenvalue weighted by Gasteiger charge is 2.51. The topological polar surface area (TPSA) is 64.1 Å². The first-order valence-electron chi connectivity index (χ1n) is 7.49. The molecule has 21 heavy (non-hydrogen) atoms. The van der Waals surface area contributed by atoms with Crippen molar-refractivity contribution in [2.24, 2.45) is 5.92 Å². The van der Waals surface area contributed by atoms with E-state index in [-0.39, 0.29) is 5.97 Å². The Morgan fingerprint density at radius 3 is 3.10 bits per heavy atom. The molecule has 0 radical (unpaired) electrons. The van der Waals surface area contributed by atoms with Crippen LogP contribution in [0.2, 0.25) is 0 Å². The molecule has 2 aliphatic rings. The van der Waals surface area contributed by atoms with E-state index in [1.807, 2.05) is 0 Å². The van der Waals surface area contributed by atoms with E-state index in [1.54, 1.807) is 28.6 Å². The third-order valence-electron chi connectivity index (χ3n) is 4.44. The van der Waals surface area contributed by atoms with Crippen molar-refractivity contribution in [1.29, 1.82) is 0 Å². The second kappa shape index (κ2) is 6.62. The Labute approximate surface area is 133 Å². The Hall–Kier alpha value is -0.660. The van der Waals surface area contributed by atoms with E-state index in [0.717, 1.165) is 35.8 Å². The molecule has 0 bridgehead atoms. The number of thioether (sulfide) groups is 1. The van der Waals surface area contributed by atoms with Crippen LogP contribution in [0.5, 0.6) is 0 Å². The lowest BCUT2D eigenvalue weighted by Gasteiger charge is -2.34. The van der Waals surface area contributed by atoms with Crippen molar-refractivity contribution in [1.82, 2.24) is 15.5 Å². The predicted octanol–water partition coefficient (Wildman–Crippen LogP) is 2.48. The molecule has 0 amide bonds. The first kappa shape index (κ1) is 15.2. The molecule has 0 aliphatic heterocycles. The van der Waals surface area contributed by atoms with Gasteiger partial charge in [-0.2, -0.15) is 0 Å². The van der Waals surface area contributed by atoms with E-state index < -0.39 is 5.54 Å². The van der Waals surface area contributed by atoms with E-state index in [1.165, 1.54) is 20.0 Å². The number of ether oxygens (including phenoxy) is 1. The molecule has 1 N–H and O–H groups in total. The second-order valence-electron chi connectivity index (χ2n) is 5.81. The zero-order chi connectivity index (χ0) is 14.7. The van der Waals surface area contributed by atoms with Gasteiger partial charge in [-0.15, -0.1) is 10.2 Å². The van der Waals surface area contributed by atoms with E-state index >= 15 is 0 Å². The van der Waals surface area contributed by atoms with Crippen LogP contribution >= 0.6 is 23.1 Å². The van der Waals surface area contributed by atoms with Gasteiger partial charge < -0.3 is 4.74 Å². The molecular weight excluding hydrogens is 306 g/mol. The summed E-state index contributed by atoms with van der Waals surface area (Å²) in [4.78, 5) is 12.4. The van der Waals surface area contributed by atoms with Gasteiger partial charge in [-0.05, 0) is 38.0 Å². The molecule has 0 saturated heterocycles. The lowest BCUT2D eigenvalue weighted by atomic mass is 9.84. The average Bonchev–Trinajstić information content (AvgIpc) is 2.99. The lowest BCUT2D eigenvalue weighted by Crippen LogP contribution is -2.56. The maximum absolute atomic E-state index is 12.4. The van der Waals surface area contributed by atoms with Gasteiger partial charge >= 0.3 is 5.97 Å². The molecule has 2 aliphatic carbocycles. The number of carbonyl (C=O) groups is 1. The number of carbonyl (C=O) groups excluding carboxylic acids is 1. The van der Waals surface area contributed by atoms with Crippen LogP contribution in [0, 0.1) is 5.92 Å². The van der Waals surface area contributed by atoms with Crippen LogP contribution in [0.4, 0.5) is 0 Å². The van der Waals surface area contributed by atoms with E-state index in [9.17, 15) is 4.79 Å². The number of nitrogens with one attached hydrogen (secondary N) is 1. The highest BCUT2D eigenvalue weighted by atomic mass is 32.2. The third kappa shape index (κ3) is 3.40. The van der Waals surface area contributed by atoms with Gasteiger partial charge in [-0.25, -0.2) is 0 Å². The number of esters is 1. The van der Waals surface area contributed by atoms with Crippen molar-refractivity contribution in [2.45, 2.75) is 54.4 Å². The molecule has 5 nitrogen and oxygen atoms in total. The maximum Gasteiger partial charge on any atom is 0.326 e. The summed E-state index contributed by atoms with van der Waals surface area (Å²) in [5, 5.41) is 11.5. The summed E-state index contributed by atoms with van der Waals surface area (Å²) in [6, 6.07) is 0.514. The Balaban J connectivity index is 1.62. The number of nitrogens with zero attached hydrogens (tertiary/aromatic N) is 2. The molecule has 1 aromatic rings. The zero-order valence-corrected chi connectivity index (χ0v) is 13.8. The smallest absolute Gasteiger partial charge is 0.326 e. The summed E-state index contributed by atoms with van der Waals surface area (Å²) < 4.78 is 6.13. The summed E-state index contributed by atoms with van der Waals surface area (Å²) in [5.74, 6) is 1.27. The summed E-state index contributed by atoms with van der Waals surface area (Å²) in [6.07, 6.45) is 6.49. The minimum atomic E-state index is -0.447. The molecular formula is C14H21N3O2S2. The highest BCUT2D eigenvalue weighted by molar-refractivity contribution is 8.00. The molecule has 7 heteroatoms. The summed E-state index contributed by atoms with van der Waals surface area (Å²) in [7, 11) is 1.50. The summed E-state index contributed by atoms with van der Waals surface area (Å²) >= 11 is 3.30. The maximum atomic E-state index is 12.4. The predicted molar refractivity (Wildman–Crippen MR) is 83.5 cm³/mol. The van der Waals surface area contributed by atoms with Gasteiger partial charge in [0.05, 0.1) is 7.11 Å². The molecule has 2 unspecified atom stereocenters. The average molecular weight is 327 g/mol. The van der Waals surface area contributed by atoms with Crippen LogP contribution in [-0.4, -0.2) is 40.6 Å². The van der Waals surface area contributed by atoms with Crippen LogP contribution in [-0.2, 0) is 9.53 Å². The van der Waals surface area contributed by atoms with Crippen molar-refractivity contribution >= 4 is 29.1 Å². The van der Waals surface area contributed by atoms with Gasteiger partial charge in [-0.1, -0.05) is 29.5 Å². The quantitative estimate of drug-likeness (QED) is 0.613. The fourth-order valence-corrected chi connectivity index (χ4v) is 4.89.